The highest BCUT2D eigenvalue weighted by molar-refractivity contribution is 7.99. The maximum Gasteiger partial charge on any atom is 0.226 e. The number of terminal acetylenes is 1. The van der Waals surface area contributed by atoms with Crippen molar-refractivity contribution < 1.29 is 4.79 Å². The minimum absolute atomic E-state index is 0.0384. The van der Waals surface area contributed by atoms with E-state index in [0.717, 1.165) is 5.75 Å². The molecule has 3 N–H and O–H groups in total. The zero-order chi connectivity index (χ0) is 12.5. The predicted octanol–water partition coefficient (Wildman–Crippen LogP) is 0.689. The molecule has 0 aliphatic rings. The lowest BCUT2D eigenvalue weighted by Gasteiger charge is -2.04. The fourth-order valence-corrected chi connectivity index (χ4v) is 1.67. The van der Waals surface area contributed by atoms with E-state index in [1.54, 1.807) is 30.1 Å². The number of aromatic nitrogens is 1. The van der Waals surface area contributed by atoms with E-state index >= 15 is 0 Å². The van der Waals surface area contributed by atoms with Gasteiger partial charge in [0.25, 0.3) is 0 Å². The Morgan fingerprint density at radius 1 is 1.59 bits per heavy atom. The van der Waals surface area contributed by atoms with Gasteiger partial charge in [-0.05, 0) is 12.1 Å². The van der Waals surface area contributed by atoms with E-state index in [9.17, 15) is 4.79 Å². The molecule has 4 nitrogen and oxygen atoms in total. The minimum atomic E-state index is -0.0384. The number of nitrogens with zero attached hydrogens (tertiary/aromatic N) is 1. The van der Waals surface area contributed by atoms with Crippen molar-refractivity contribution in [2.75, 3.05) is 23.8 Å². The summed E-state index contributed by atoms with van der Waals surface area (Å²) >= 11 is 1.62. The number of pyridine rings is 1. The lowest BCUT2D eigenvalue weighted by molar-refractivity contribution is -0.120. The number of carbonyl (C=O) groups excluding carboxylic acids is 1. The van der Waals surface area contributed by atoms with Crippen LogP contribution in [-0.2, 0) is 11.2 Å². The molecule has 17 heavy (non-hydrogen) atoms. The maximum absolute atomic E-state index is 11.5. The molecular weight excluding hydrogens is 234 g/mol. The van der Waals surface area contributed by atoms with E-state index in [1.807, 2.05) is 0 Å². The molecule has 0 aliphatic heterocycles. The molecule has 0 aliphatic carbocycles. The molecule has 0 atom stereocenters. The van der Waals surface area contributed by atoms with Crippen LogP contribution in [0.4, 0.5) is 5.69 Å². The lowest BCUT2D eigenvalue weighted by Crippen LogP contribution is -2.27. The maximum atomic E-state index is 11.5. The predicted molar refractivity (Wildman–Crippen MR) is 71.5 cm³/mol. The molecular formula is C12H15N3OS. The average molecular weight is 249 g/mol. The van der Waals surface area contributed by atoms with Gasteiger partial charge in [-0.25, -0.2) is 0 Å². The van der Waals surface area contributed by atoms with Crippen molar-refractivity contribution in [3.8, 4) is 12.3 Å². The highest BCUT2D eigenvalue weighted by Crippen LogP contribution is 2.01. The molecule has 0 saturated heterocycles. The first-order valence-corrected chi connectivity index (χ1v) is 6.36. The van der Waals surface area contributed by atoms with Crippen molar-refractivity contribution in [2.24, 2.45) is 0 Å². The van der Waals surface area contributed by atoms with Gasteiger partial charge in [0, 0.05) is 18.0 Å². The van der Waals surface area contributed by atoms with Crippen LogP contribution in [0, 0.1) is 12.3 Å². The van der Waals surface area contributed by atoms with Gasteiger partial charge in [0.05, 0.1) is 24.1 Å². The first-order chi connectivity index (χ1) is 8.22. The largest absolute Gasteiger partial charge is 0.397 e. The Kier molecular flexibility index (Phi) is 5.97. The van der Waals surface area contributed by atoms with Crippen LogP contribution in [0.1, 0.15) is 5.69 Å². The van der Waals surface area contributed by atoms with Crippen molar-refractivity contribution in [3.05, 3.63) is 24.0 Å². The molecule has 1 aromatic rings. The van der Waals surface area contributed by atoms with E-state index in [1.165, 1.54) is 0 Å². The molecule has 0 bridgehead atoms. The molecule has 0 unspecified atom stereocenters. The van der Waals surface area contributed by atoms with Crippen LogP contribution in [-0.4, -0.2) is 28.9 Å². The zero-order valence-electron chi connectivity index (χ0n) is 9.48. The van der Waals surface area contributed by atoms with E-state index in [0.29, 0.717) is 23.7 Å². The summed E-state index contributed by atoms with van der Waals surface area (Å²) in [5, 5.41) is 2.81. The topological polar surface area (TPSA) is 68.0 Å². The second kappa shape index (κ2) is 7.58. The summed E-state index contributed by atoms with van der Waals surface area (Å²) in [6, 6.07) is 3.49. The third-order valence-electron chi connectivity index (χ3n) is 1.94. The normalized spacial score (nSPS) is 9.59. The fraction of sp³-hybridized carbons (Fsp3) is 0.333. The Hall–Kier alpha value is -1.67. The van der Waals surface area contributed by atoms with Crippen LogP contribution in [0.3, 0.4) is 0 Å². The van der Waals surface area contributed by atoms with E-state index in [4.69, 9.17) is 12.2 Å². The molecule has 0 radical (unpaired) electrons. The van der Waals surface area contributed by atoms with Crippen molar-refractivity contribution in [1.29, 1.82) is 0 Å². The van der Waals surface area contributed by atoms with Crippen molar-refractivity contribution >= 4 is 23.4 Å². The summed E-state index contributed by atoms with van der Waals surface area (Å²) < 4.78 is 0. The van der Waals surface area contributed by atoms with E-state index in [-0.39, 0.29) is 12.3 Å². The standard InChI is InChI=1S/C12H15N3OS/c1-2-6-17-7-5-14-12(16)8-11-4-3-10(13)9-15-11/h1,3-4,9H,5-8,13H2,(H,14,16). The molecule has 0 spiro atoms. The molecule has 0 saturated carbocycles. The summed E-state index contributed by atoms with van der Waals surface area (Å²) in [4.78, 5) is 15.6. The van der Waals surface area contributed by atoms with Gasteiger partial charge in [-0.1, -0.05) is 5.92 Å². The van der Waals surface area contributed by atoms with Gasteiger partial charge in [-0.15, -0.1) is 18.2 Å². The van der Waals surface area contributed by atoms with Crippen LogP contribution in [0.2, 0.25) is 0 Å². The van der Waals surface area contributed by atoms with Crippen LogP contribution < -0.4 is 11.1 Å². The molecule has 1 rings (SSSR count). The molecule has 90 valence electrons. The lowest BCUT2D eigenvalue weighted by atomic mass is 10.2. The molecule has 1 aromatic heterocycles. The first-order valence-electron chi connectivity index (χ1n) is 5.20. The van der Waals surface area contributed by atoms with E-state index < -0.39 is 0 Å². The Bertz CT molecular complexity index is 397. The summed E-state index contributed by atoms with van der Waals surface area (Å²) in [7, 11) is 0. The number of rotatable bonds is 6. The average Bonchev–Trinajstić information content (AvgIpc) is 2.32. The van der Waals surface area contributed by atoms with Crippen LogP contribution in [0.15, 0.2) is 18.3 Å². The Morgan fingerprint density at radius 3 is 3.06 bits per heavy atom. The number of amides is 1. The smallest absolute Gasteiger partial charge is 0.226 e. The highest BCUT2D eigenvalue weighted by atomic mass is 32.2. The Balaban J connectivity index is 2.21. The quantitative estimate of drug-likeness (QED) is 0.575. The number of hydrogen-bond donors (Lipinski definition) is 2. The molecule has 1 amide bonds. The highest BCUT2D eigenvalue weighted by Gasteiger charge is 2.03. The number of carbonyl (C=O) groups is 1. The second-order valence-electron chi connectivity index (χ2n) is 3.37. The number of nitrogen functional groups attached to an aromatic ring is 1. The Labute approximate surface area is 105 Å². The summed E-state index contributed by atoms with van der Waals surface area (Å²) in [5.74, 6) is 3.99. The molecule has 0 aromatic carbocycles. The Morgan fingerprint density at radius 2 is 2.41 bits per heavy atom. The van der Waals surface area contributed by atoms with Gasteiger partial charge in [0.15, 0.2) is 0 Å². The van der Waals surface area contributed by atoms with Gasteiger partial charge in [0.2, 0.25) is 5.91 Å². The number of nitrogens with one attached hydrogen (secondary N) is 1. The van der Waals surface area contributed by atoms with Crippen LogP contribution >= 0.6 is 11.8 Å². The SMILES string of the molecule is C#CCSCCNC(=O)Cc1ccc(N)cn1. The van der Waals surface area contributed by atoms with Crippen LogP contribution in [0.5, 0.6) is 0 Å². The summed E-state index contributed by atoms with van der Waals surface area (Å²) in [6.07, 6.45) is 6.93. The van der Waals surface area contributed by atoms with Crippen molar-refractivity contribution in [2.45, 2.75) is 6.42 Å². The van der Waals surface area contributed by atoms with Gasteiger partial charge < -0.3 is 11.1 Å². The summed E-state index contributed by atoms with van der Waals surface area (Å²) in [5.41, 5.74) is 6.82. The van der Waals surface area contributed by atoms with Crippen molar-refractivity contribution in [1.82, 2.24) is 10.3 Å². The van der Waals surface area contributed by atoms with E-state index in [2.05, 4.69) is 16.2 Å². The number of hydrogen-bond acceptors (Lipinski definition) is 4. The number of anilines is 1. The van der Waals surface area contributed by atoms with Gasteiger partial charge in [-0.2, -0.15) is 0 Å². The molecule has 1 heterocycles. The number of nitrogens with two attached hydrogens (primary N) is 1. The minimum Gasteiger partial charge on any atom is -0.397 e. The second-order valence-corrected chi connectivity index (χ2v) is 4.47. The molecule has 5 heteroatoms. The third kappa shape index (κ3) is 5.83. The van der Waals surface area contributed by atoms with Gasteiger partial charge >= 0.3 is 0 Å². The first kappa shape index (κ1) is 13.4. The van der Waals surface area contributed by atoms with Gasteiger partial charge in [0.1, 0.15) is 0 Å². The van der Waals surface area contributed by atoms with Crippen LogP contribution in [0.25, 0.3) is 0 Å². The van der Waals surface area contributed by atoms with Crippen molar-refractivity contribution in [3.63, 3.8) is 0 Å². The molecule has 0 fully saturated rings. The summed E-state index contributed by atoms with van der Waals surface area (Å²) in [6.45, 7) is 0.625. The fourth-order valence-electron chi connectivity index (χ4n) is 1.16. The zero-order valence-corrected chi connectivity index (χ0v) is 10.3. The third-order valence-corrected chi connectivity index (χ3v) is 2.81. The van der Waals surface area contributed by atoms with Gasteiger partial charge in [-0.3, -0.25) is 9.78 Å². The monoisotopic (exact) mass is 249 g/mol. The number of thioether (sulfide) groups is 1.